The summed E-state index contributed by atoms with van der Waals surface area (Å²) in [5, 5.41) is 9.25. The van der Waals surface area contributed by atoms with Crippen LogP contribution >= 0.6 is 15.9 Å². The lowest BCUT2D eigenvalue weighted by Gasteiger charge is -1.98. The number of hydrogen-bond donors (Lipinski definition) is 1. The Labute approximate surface area is 117 Å². The Morgan fingerprint density at radius 3 is 2.84 bits per heavy atom. The number of aromatic carboxylic acids is 1. The lowest BCUT2D eigenvalue weighted by atomic mass is 10.1. The minimum atomic E-state index is -0.973. The second-order valence-electron chi connectivity index (χ2n) is 4.43. The van der Waals surface area contributed by atoms with Gasteiger partial charge in [0, 0.05) is 7.05 Å². The van der Waals surface area contributed by atoms with Crippen LogP contribution in [0.5, 0.6) is 0 Å². The van der Waals surface area contributed by atoms with Crippen LogP contribution in [0.2, 0.25) is 0 Å². The maximum Gasteiger partial charge on any atom is 0.355 e. The number of carbonyl (C=O) groups is 1. The molecule has 0 unspecified atom stereocenters. The fourth-order valence-corrected chi connectivity index (χ4v) is 3.11. The largest absolute Gasteiger partial charge is 0.476 e. The van der Waals surface area contributed by atoms with E-state index < -0.39 is 5.97 Å². The van der Waals surface area contributed by atoms with Gasteiger partial charge in [0.25, 0.3) is 0 Å². The summed E-state index contributed by atoms with van der Waals surface area (Å²) in [7, 11) is 1.70. The molecule has 0 aliphatic heterocycles. The number of imidazole rings is 2. The highest BCUT2D eigenvalue weighted by atomic mass is 79.9. The summed E-state index contributed by atoms with van der Waals surface area (Å²) in [6, 6.07) is 6.06. The van der Waals surface area contributed by atoms with Gasteiger partial charge in [-0.1, -0.05) is 13.0 Å². The standard InChI is InChI=1S/C13H12BrN3O2/c1-3-7-4-5-8-9(6-7)17-11(14)10(12(18)19)16(2)13(17)15-8/h4-6H,3H2,1-2H3,(H,18,19). The average molecular weight is 322 g/mol. The van der Waals surface area contributed by atoms with Crippen molar-refractivity contribution in [3.05, 3.63) is 34.1 Å². The zero-order valence-electron chi connectivity index (χ0n) is 10.5. The number of fused-ring (bicyclic) bond motifs is 3. The number of aromatic nitrogens is 3. The van der Waals surface area contributed by atoms with E-state index in [1.807, 2.05) is 22.6 Å². The second-order valence-corrected chi connectivity index (χ2v) is 5.18. The Morgan fingerprint density at radius 2 is 2.21 bits per heavy atom. The van der Waals surface area contributed by atoms with Gasteiger partial charge in [-0.3, -0.25) is 4.40 Å². The molecule has 3 rings (SSSR count). The molecule has 0 saturated heterocycles. The van der Waals surface area contributed by atoms with Crippen molar-refractivity contribution in [3.8, 4) is 0 Å². The average Bonchev–Trinajstić information content (AvgIpc) is 2.86. The van der Waals surface area contributed by atoms with Crippen LogP contribution in [-0.2, 0) is 13.5 Å². The molecule has 1 aromatic carbocycles. The van der Waals surface area contributed by atoms with E-state index in [9.17, 15) is 9.90 Å². The van der Waals surface area contributed by atoms with Crippen molar-refractivity contribution in [2.45, 2.75) is 13.3 Å². The first-order chi connectivity index (χ1) is 9.04. The molecule has 0 aliphatic rings. The van der Waals surface area contributed by atoms with Crippen molar-refractivity contribution in [2.24, 2.45) is 7.05 Å². The third kappa shape index (κ3) is 1.59. The summed E-state index contributed by atoms with van der Waals surface area (Å²) < 4.78 is 3.93. The van der Waals surface area contributed by atoms with E-state index in [1.54, 1.807) is 11.6 Å². The molecule has 98 valence electrons. The summed E-state index contributed by atoms with van der Waals surface area (Å²) in [6.07, 6.45) is 0.930. The first-order valence-electron chi connectivity index (χ1n) is 5.93. The molecule has 2 aromatic heterocycles. The second kappa shape index (κ2) is 4.09. The fraction of sp³-hybridized carbons (Fsp3) is 0.231. The maximum absolute atomic E-state index is 11.3. The molecule has 3 aromatic rings. The van der Waals surface area contributed by atoms with Gasteiger partial charge in [0.15, 0.2) is 5.69 Å². The first-order valence-corrected chi connectivity index (χ1v) is 6.72. The molecular formula is C13H12BrN3O2. The minimum Gasteiger partial charge on any atom is -0.476 e. The Bertz CT molecular complexity index is 816. The number of hydrogen-bond acceptors (Lipinski definition) is 2. The predicted molar refractivity (Wildman–Crippen MR) is 75.7 cm³/mol. The third-order valence-corrected chi connectivity index (χ3v) is 4.07. The van der Waals surface area contributed by atoms with E-state index in [2.05, 4.69) is 27.8 Å². The van der Waals surface area contributed by atoms with Gasteiger partial charge in [-0.15, -0.1) is 0 Å². The Morgan fingerprint density at radius 1 is 1.47 bits per heavy atom. The Balaban J connectivity index is 2.48. The van der Waals surface area contributed by atoms with E-state index in [0.29, 0.717) is 10.4 Å². The zero-order valence-corrected chi connectivity index (χ0v) is 12.1. The molecule has 0 atom stereocenters. The molecular weight excluding hydrogens is 310 g/mol. The summed E-state index contributed by atoms with van der Waals surface area (Å²) in [5.41, 5.74) is 3.18. The van der Waals surface area contributed by atoms with Crippen molar-refractivity contribution in [1.29, 1.82) is 0 Å². The molecule has 0 aliphatic carbocycles. The van der Waals surface area contributed by atoms with E-state index in [-0.39, 0.29) is 5.69 Å². The molecule has 0 bridgehead atoms. The highest BCUT2D eigenvalue weighted by Gasteiger charge is 2.22. The molecule has 1 N–H and O–H groups in total. The summed E-state index contributed by atoms with van der Waals surface area (Å²) >= 11 is 3.37. The molecule has 2 heterocycles. The lowest BCUT2D eigenvalue weighted by Crippen LogP contribution is -2.05. The van der Waals surface area contributed by atoms with Crippen LogP contribution in [0.1, 0.15) is 23.0 Å². The van der Waals surface area contributed by atoms with Gasteiger partial charge in [0.1, 0.15) is 4.60 Å². The Hall–Kier alpha value is -1.82. The molecule has 6 heteroatoms. The van der Waals surface area contributed by atoms with Gasteiger partial charge in [-0.25, -0.2) is 9.78 Å². The van der Waals surface area contributed by atoms with Gasteiger partial charge in [-0.2, -0.15) is 0 Å². The van der Waals surface area contributed by atoms with Gasteiger partial charge in [-0.05, 0) is 40.0 Å². The van der Waals surface area contributed by atoms with Crippen molar-refractivity contribution < 1.29 is 9.90 Å². The summed E-state index contributed by atoms with van der Waals surface area (Å²) in [4.78, 5) is 15.8. The van der Waals surface area contributed by atoms with Crippen LogP contribution in [0, 0.1) is 0 Å². The minimum absolute atomic E-state index is 0.200. The highest BCUT2D eigenvalue weighted by Crippen LogP contribution is 2.27. The number of benzene rings is 1. The van der Waals surface area contributed by atoms with Crippen molar-refractivity contribution >= 4 is 38.7 Å². The topological polar surface area (TPSA) is 59.5 Å². The highest BCUT2D eigenvalue weighted by molar-refractivity contribution is 9.10. The van der Waals surface area contributed by atoms with Gasteiger partial charge >= 0.3 is 5.97 Å². The van der Waals surface area contributed by atoms with Crippen LogP contribution in [0.4, 0.5) is 0 Å². The number of nitrogens with zero attached hydrogens (tertiary/aromatic N) is 3. The van der Waals surface area contributed by atoms with Gasteiger partial charge in [0.2, 0.25) is 5.78 Å². The smallest absolute Gasteiger partial charge is 0.355 e. The van der Waals surface area contributed by atoms with E-state index >= 15 is 0 Å². The van der Waals surface area contributed by atoms with E-state index in [0.717, 1.165) is 17.5 Å². The fourth-order valence-electron chi connectivity index (χ4n) is 2.32. The molecule has 5 nitrogen and oxygen atoms in total. The number of aryl methyl sites for hydroxylation is 2. The van der Waals surface area contributed by atoms with Crippen LogP contribution in [0.3, 0.4) is 0 Å². The summed E-state index contributed by atoms with van der Waals surface area (Å²) in [5.74, 6) is -0.354. The number of halogens is 1. The third-order valence-electron chi connectivity index (χ3n) is 3.34. The molecule has 19 heavy (non-hydrogen) atoms. The van der Waals surface area contributed by atoms with Gasteiger partial charge < -0.3 is 9.67 Å². The van der Waals surface area contributed by atoms with Gasteiger partial charge in [0.05, 0.1) is 11.0 Å². The van der Waals surface area contributed by atoms with Crippen LogP contribution in [0.15, 0.2) is 22.8 Å². The lowest BCUT2D eigenvalue weighted by molar-refractivity contribution is 0.0685. The number of carboxylic acids is 1. The van der Waals surface area contributed by atoms with Crippen LogP contribution < -0.4 is 0 Å². The molecule has 0 spiro atoms. The monoisotopic (exact) mass is 321 g/mol. The normalized spacial score (nSPS) is 11.5. The number of rotatable bonds is 2. The van der Waals surface area contributed by atoms with Crippen LogP contribution in [-0.4, -0.2) is 25.0 Å². The molecule has 0 amide bonds. The maximum atomic E-state index is 11.3. The Kier molecular flexibility index (Phi) is 2.63. The SMILES string of the molecule is CCc1ccc2nc3n(C)c(C(=O)O)c(Br)n3c2c1. The molecule has 0 fully saturated rings. The van der Waals surface area contributed by atoms with Crippen molar-refractivity contribution in [1.82, 2.24) is 14.0 Å². The molecule has 0 radical (unpaired) electrons. The van der Waals surface area contributed by atoms with Crippen molar-refractivity contribution in [2.75, 3.05) is 0 Å². The zero-order chi connectivity index (χ0) is 13.7. The number of carboxylic acid groups (broad SMARTS) is 1. The summed E-state index contributed by atoms with van der Waals surface area (Å²) in [6.45, 7) is 2.09. The predicted octanol–water partition coefficient (Wildman–Crippen LogP) is 2.85. The van der Waals surface area contributed by atoms with Crippen molar-refractivity contribution in [3.63, 3.8) is 0 Å². The van der Waals surface area contributed by atoms with E-state index in [1.165, 1.54) is 5.56 Å². The quantitative estimate of drug-likeness (QED) is 0.789. The molecule has 0 saturated carbocycles. The van der Waals surface area contributed by atoms with E-state index in [4.69, 9.17) is 0 Å². The van der Waals surface area contributed by atoms with Crippen LogP contribution in [0.25, 0.3) is 16.8 Å². The first kappa shape index (κ1) is 12.2.